The van der Waals surface area contributed by atoms with Crippen molar-refractivity contribution < 1.29 is 13.5 Å². The number of ether oxygens (including phenoxy) is 1. The lowest BCUT2D eigenvalue weighted by atomic mass is 10.2. The molecule has 0 unspecified atom stereocenters. The van der Waals surface area contributed by atoms with Gasteiger partial charge in [0.2, 0.25) is 5.88 Å². The first kappa shape index (κ1) is 13.0. The predicted octanol–water partition coefficient (Wildman–Crippen LogP) is 4.36. The number of pyridine rings is 1. The van der Waals surface area contributed by atoms with Gasteiger partial charge in [0, 0.05) is 11.8 Å². The molecule has 2 aromatic rings. The normalized spacial score (nSPS) is 10.7. The third-order valence-corrected chi connectivity index (χ3v) is 2.87. The molecule has 0 aliphatic carbocycles. The molecule has 0 aliphatic rings. The standard InChI is InChI=1S/C13H10BrF2NO/c14-11-6-10(12(15)16)7-17-13(11)18-8-9-4-2-1-3-5-9/h1-7,12H,8H2. The molecular formula is C13H10BrF2NO. The Labute approximate surface area is 112 Å². The van der Waals surface area contributed by atoms with Gasteiger partial charge in [-0.1, -0.05) is 30.3 Å². The summed E-state index contributed by atoms with van der Waals surface area (Å²) in [7, 11) is 0. The van der Waals surface area contributed by atoms with Crippen LogP contribution in [0, 0.1) is 0 Å². The molecule has 94 valence electrons. The second kappa shape index (κ2) is 5.91. The van der Waals surface area contributed by atoms with Crippen molar-refractivity contribution in [3.8, 4) is 5.88 Å². The second-order valence-corrected chi connectivity index (χ2v) is 4.48. The highest BCUT2D eigenvalue weighted by Crippen LogP contribution is 2.28. The number of halogens is 3. The highest BCUT2D eigenvalue weighted by Gasteiger charge is 2.11. The van der Waals surface area contributed by atoms with E-state index in [2.05, 4.69) is 20.9 Å². The van der Waals surface area contributed by atoms with Crippen LogP contribution in [-0.4, -0.2) is 4.98 Å². The monoisotopic (exact) mass is 313 g/mol. The molecule has 0 saturated carbocycles. The van der Waals surface area contributed by atoms with E-state index in [1.54, 1.807) is 0 Å². The van der Waals surface area contributed by atoms with Crippen LogP contribution in [0.15, 0.2) is 47.1 Å². The number of rotatable bonds is 4. The van der Waals surface area contributed by atoms with Crippen LogP contribution in [-0.2, 0) is 6.61 Å². The summed E-state index contributed by atoms with van der Waals surface area (Å²) in [5, 5.41) is 0. The second-order valence-electron chi connectivity index (χ2n) is 3.63. The van der Waals surface area contributed by atoms with Gasteiger partial charge in [0.25, 0.3) is 6.43 Å². The van der Waals surface area contributed by atoms with E-state index in [0.29, 0.717) is 17.0 Å². The zero-order valence-corrected chi connectivity index (χ0v) is 10.9. The summed E-state index contributed by atoms with van der Waals surface area (Å²) in [6, 6.07) is 10.9. The van der Waals surface area contributed by atoms with Gasteiger partial charge in [-0.25, -0.2) is 13.8 Å². The van der Waals surface area contributed by atoms with Crippen molar-refractivity contribution in [1.29, 1.82) is 0 Å². The van der Waals surface area contributed by atoms with Gasteiger partial charge in [0.05, 0.1) is 4.47 Å². The van der Waals surface area contributed by atoms with Crippen molar-refractivity contribution in [3.05, 3.63) is 58.2 Å². The lowest BCUT2D eigenvalue weighted by Crippen LogP contribution is -1.98. The predicted molar refractivity (Wildman–Crippen MR) is 67.7 cm³/mol. The maximum absolute atomic E-state index is 12.4. The molecule has 1 aromatic carbocycles. The topological polar surface area (TPSA) is 22.1 Å². The number of aromatic nitrogens is 1. The van der Waals surface area contributed by atoms with Gasteiger partial charge >= 0.3 is 0 Å². The van der Waals surface area contributed by atoms with Crippen LogP contribution >= 0.6 is 15.9 Å². The molecule has 0 amide bonds. The molecule has 0 N–H and O–H groups in total. The largest absolute Gasteiger partial charge is 0.472 e. The number of hydrogen-bond acceptors (Lipinski definition) is 2. The molecule has 18 heavy (non-hydrogen) atoms. The van der Waals surface area contributed by atoms with Crippen molar-refractivity contribution in [1.82, 2.24) is 4.98 Å². The number of nitrogens with zero attached hydrogens (tertiary/aromatic N) is 1. The number of hydrogen-bond donors (Lipinski definition) is 0. The Morgan fingerprint density at radius 3 is 2.56 bits per heavy atom. The third kappa shape index (κ3) is 3.26. The molecule has 1 heterocycles. The summed E-state index contributed by atoms with van der Waals surface area (Å²) < 4.78 is 30.7. The molecule has 1 aromatic heterocycles. The average Bonchev–Trinajstić information content (AvgIpc) is 2.38. The Bertz CT molecular complexity index is 520. The van der Waals surface area contributed by atoms with E-state index in [-0.39, 0.29) is 5.56 Å². The average molecular weight is 314 g/mol. The molecule has 0 saturated heterocycles. The summed E-state index contributed by atoms with van der Waals surface area (Å²) in [5.74, 6) is 0.309. The number of benzene rings is 1. The summed E-state index contributed by atoms with van der Waals surface area (Å²) in [4.78, 5) is 3.87. The Morgan fingerprint density at radius 2 is 1.94 bits per heavy atom. The third-order valence-electron chi connectivity index (χ3n) is 2.30. The van der Waals surface area contributed by atoms with Gasteiger partial charge in [-0.3, -0.25) is 0 Å². The lowest BCUT2D eigenvalue weighted by molar-refractivity contribution is 0.150. The first-order valence-corrected chi connectivity index (χ1v) is 6.06. The van der Waals surface area contributed by atoms with Crippen LogP contribution in [0.5, 0.6) is 5.88 Å². The highest BCUT2D eigenvalue weighted by molar-refractivity contribution is 9.10. The Morgan fingerprint density at radius 1 is 1.22 bits per heavy atom. The summed E-state index contributed by atoms with van der Waals surface area (Å²) in [6.45, 7) is 0.348. The van der Waals surface area contributed by atoms with Gasteiger partial charge in [-0.05, 0) is 27.6 Å². The molecule has 0 spiro atoms. The van der Waals surface area contributed by atoms with Crippen molar-refractivity contribution in [2.45, 2.75) is 13.0 Å². The van der Waals surface area contributed by atoms with Crippen LogP contribution in [0.3, 0.4) is 0 Å². The molecular weight excluding hydrogens is 304 g/mol. The van der Waals surface area contributed by atoms with Crippen molar-refractivity contribution in [3.63, 3.8) is 0 Å². The SMILES string of the molecule is FC(F)c1cnc(OCc2ccccc2)c(Br)c1. The fourth-order valence-corrected chi connectivity index (χ4v) is 1.87. The molecule has 2 nitrogen and oxygen atoms in total. The zero-order valence-electron chi connectivity index (χ0n) is 9.32. The van der Waals surface area contributed by atoms with Crippen LogP contribution < -0.4 is 4.74 Å². The first-order chi connectivity index (χ1) is 8.66. The van der Waals surface area contributed by atoms with Gasteiger partial charge in [-0.15, -0.1) is 0 Å². The van der Waals surface area contributed by atoms with Gasteiger partial charge in [0.1, 0.15) is 6.61 Å². The van der Waals surface area contributed by atoms with E-state index in [9.17, 15) is 8.78 Å². The van der Waals surface area contributed by atoms with E-state index in [1.165, 1.54) is 6.07 Å². The van der Waals surface area contributed by atoms with Crippen LogP contribution in [0.4, 0.5) is 8.78 Å². The Balaban J connectivity index is 2.06. The van der Waals surface area contributed by atoms with E-state index >= 15 is 0 Å². The minimum Gasteiger partial charge on any atom is -0.472 e. The van der Waals surface area contributed by atoms with Crippen LogP contribution in [0.25, 0.3) is 0 Å². The lowest BCUT2D eigenvalue weighted by Gasteiger charge is -2.08. The Kier molecular flexibility index (Phi) is 4.25. The first-order valence-electron chi connectivity index (χ1n) is 5.27. The fraction of sp³-hybridized carbons (Fsp3) is 0.154. The summed E-state index contributed by atoms with van der Waals surface area (Å²) in [5.41, 5.74) is 0.859. The highest BCUT2D eigenvalue weighted by atomic mass is 79.9. The van der Waals surface area contributed by atoms with Crippen LogP contribution in [0.2, 0.25) is 0 Å². The molecule has 0 aliphatic heterocycles. The van der Waals surface area contributed by atoms with Gasteiger partial charge in [-0.2, -0.15) is 0 Å². The minimum atomic E-state index is -2.53. The smallest absolute Gasteiger partial charge is 0.265 e. The van der Waals surface area contributed by atoms with Gasteiger partial charge < -0.3 is 4.74 Å². The minimum absolute atomic E-state index is 0.131. The Hall–Kier alpha value is -1.49. The quantitative estimate of drug-likeness (QED) is 0.836. The molecule has 2 rings (SSSR count). The molecule has 0 radical (unpaired) electrons. The van der Waals surface area contributed by atoms with Gasteiger partial charge in [0.15, 0.2) is 0 Å². The van der Waals surface area contributed by atoms with Crippen molar-refractivity contribution in [2.24, 2.45) is 0 Å². The molecule has 0 fully saturated rings. The van der Waals surface area contributed by atoms with E-state index in [1.807, 2.05) is 30.3 Å². The fourth-order valence-electron chi connectivity index (χ4n) is 1.39. The number of alkyl halides is 2. The summed E-state index contributed by atoms with van der Waals surface area (Å²) in [6.07, 6.45) is -1.41. The van der Waals surface area contributed by atoms with E-state index in [4.69, 9.17) is 4.74 Å². The summed E-state index contributed by atoms with van der Waals surface area (Å²) >= 11 is 3.17. The molecule has 0 bridgehead atoms. The zero-order chi connectivity index (χ0) is 13.0. The van der Waals surface area contributed by atoms with E-state index < -0.39 is 6.43 Å². The van der Waals surface area contributed by atoms with Crippen LogP contribution in [0.1, 0.15) is 17.6 Å². The van der Waals surface area contributed by atoms with E-state index in [0.717, 1.165) is 11.8 Å². The molecule has 0 atom stereocenters. The maximum atomic E-state index is 12.4. The maximum Gasteiger partial charge on any atom is 0.265 e. The molecule has 5 heteroatoms. The van der Waals surface area contributed by atoms with Crippen molar-refractivity contribution in [2.75, 3.05) is 0 Å². The van der Waals surface area contributed by atoms with Crippen molar-refractivity contribution >= 4 is 15.9 Å².